The van der Waals surface area contributed by atoms with Gasteiger partial charge in [-0.25, -0.2) is 9.07 Å². The second-order valence-corrected chi connectivity index (χ2v) is 6.27. The van der Waals surface area contributed by atoms with Crippen LogP contribution in [0.5, 0.6) is 0 Å². The number of nitrogens with two attached hydrogens (primary N) is 1. The first kappa shape index (κ1) is 18.7. The van der Waals surface area contributed by atoms with E-state index in [4.69, 9.17) is 5.73 Å². The highest BCUT2D eigenvalue weighted by Crippen LogP contribution is 2.50. The van der Waals surface area contributed by atoms with Gasteiger partial charge in [0, 0.05) is 11.8 Å². The van der Waals surface area contributed by atoms with E-state index in [0.717, 1.165) is 6.20 Å². The van der Waals surface area contributed by atoms with E-state index in [1.165, 1.54) is 18.3 Å². The molecule has 0 unspecified atom stereocenters. The summed E-state index contributed by atoms with van der Waals surface area (Å²) in [5.41, 5.74) is 5.86. The number of hydrogen-bond acceptors (Lipinski definition) is 3. The molecule has 1 saturated carbocycles. The average Bonchev–Trinajstić information content (AvgIpc) is 3.34. The molecule has 0 spiro atoms. The summed E-state index contributed by atoms with van der Waals surface area (Å²) in [4.78, 5) is 16.3. The van der Waals surface area contributed by atoms with Crippen LogP contribution in [0.25, 0.3) is 0 Å². The van der Waals surface area contributed by atoms with Gasteiger partial charge in [-0.15, -0.1) is 0 Å². The van der Waals surface area contributed by atoms with Gasteiger partial charge in [0.25, 0.3) is 5.91 Å². The van der Waals surface area contributed by atoms with Crippen LogP contribution in [0.4, 0.5) is 18.9 Å². The third-order valence-electron chi connectivity index (χ3n) is 4.39. The number of alkyl halides is 2. The fourth-order valence-corrected chi connectivity index (χ4v) is 2.77. The maximum absolute atomic E-state index is 14.0. The quantitative estimate of drug-likeness (QED) is 0.598. The molecular formula is C18H18F3N5O. The van der Waals surface area contributed by atoms with Gasteiger partial charge in [-0.1, -0.05) is 18.2 Å². The molecule has 1 aromatic carbocycles. The van der Waals surface area contributed by atoms with Gasteiger partial charge >= 0.3 is 6.55 Å². The fraction of sp³-hybridized carbons (Fsp3) is 0.278. The Morgan fingerprint density at radius 1 is 1.41 bits per heavy atom. The summed E-state index contributed by atoms with van der Waals surface area (Å²) in [5, 5.41) is 6.42. The average molecular weight is 377 g/mol. The molecule has 1 fully saturated rings. The molecule has 27 heavy (non-hydrogen) atoms. The first-order valence-electron chi connectivity index (χ1n) is 8.24. The fourth-order valence-electron chi connectivity index (χ4n) is 2.77. The van der Waals surface area contributed by atoms with Crippen LogP contribution < -0.4 is 11.1 Å². The lowest BCUT2D eigenvalue weighted by molar-refractivity contribution is -0.120. The number of hydrogen-bond donors (Lipinski definition) is 2. The smallest absolute Gasteiger partial charge is 0.333 e. The number of amidine groups is 1. The first-order valence-corrected chi connectivity index (χ1v) is 8.24. The van der Waals surface area contributed by atoms with Gasteiger partial charge in [-0.05, 0) is 31.9 Å². The molecule has 0 saturated heterocycles. The summed E-state index contributed by atoms with van der Waals surface area (Å²) in [6.45, 7) is -1.16. The largest absolute Gasteiger partial charge is 0.384 e. The molecule has 9 heteroatoms. The predicted molar refractivity (Wildman–Crippen MR) is 94.9 cm³/mol. The number of carbonyl (C=O) groups excluding carboxylic acids is 1. The van der Waals surface area contributed by atoms with Gasteiger partial charge in [0.1, 0.15) is 11.7 Å². The highest BCUT2D eigenvalue weighted by Gasteiger charge is 2.52. The van der Waals surface area contributed by atoms with Crippen molar-refractivity contribution in [2.75, 3.05) is 5.32 Å². The standard InChI is InChI=1S/C18H18F3N5O/c1-11-14(10-26(25-11)17(20)21)23-9-6-15(22)24-16(27)18(7-8-18)12-4-2-3-5-13(12)19/h2-6,9-10,17,23H,7-8H2,1H3,(H2,22,24,27)/b9-6-. The highest BCUT2D eigenvalue weighted by atomic mass is 19.3. The molecule has 6 nitrogen and oxygen atoms in total. The van der Waals surface area contributed by atoms with E-state index in [0.29, 0.717) is 34.5 Å². The molecular weight excluding hydrogens is 359 g/mol. The molecule has 0 bridgehead atoms. The van der Waals surface area contributed by atoms with Gasteiger partial charge in [0.15, 0.2) is 0 Å². The Bertz CT molecular complexity index is 915. The summed E-state index contributed by atoms with van der Waals surface area (Å²) < 4.78 is 39.7. The maximum Gasteiger partial charge on any atom is 0.333 e. The highest BCUT2D eigenvalue weighted by molar-refractivity contribution is 6.04. The number of amides is 1. The summed E-state index contributed by atoms with van der Waals surface area (Å²) in [7, 11) is 0. The van der Waals surface area contributed by atoms with Crippen molar-refractivity contribution in [1.29, 1.82) is 0 Å². The van der Waals surface area contributed by atoms with Crippen molar-refractivity contribution in [3.63, 3.8) is 0 Å². The van der Waals surface area contributed by atoms with Gasteiger partial charge in [-0.3, -0.25) is 4.79 Å². The molecule has 2 aromatic rings. The van der Waals surface area contributed by atoms with Gasteiger partial charge in [0.05, 0.1) is 23.0 Å². The van der Waals surface area contributed by atoms with E-state index in [1.54, 1.807) is 25.1 Å². The zero-order valence-corrected chi connectivity index (χ0v) is 14.5. The molecule has 0 aliphatic heterocycles. The maximum atomic E-state index is 14.0. The molecule has 1 heterocycles. The second kappa shape index (κ2) is 7.26. The van der Waals surface area contributed by atoms with Crippen LogP contribution in [0.15, 0.2) is 47.7 Å². The number of nitrogens with one attached hydrogen (secondary N) is 1. The minimum atomic E-state index is -2.74. The minimum absolute atomic E-state index is 0.0750. The number of halogens is 3. The molecule has 0 atom stereocenters. The topological polar surface area (TPSA) is 85.3 Å². The van der Waals surface area contributed by atoms with Crippen molar-refractivity contribution in [3.05, 3.63) is 59.8 Å². The molecule has 3 N–H and O–H groups in total. The summed E-state index contributed by atoms with van der Waals surface area (Å²) in [6.07, 6.45) is 4.87. The lowest BCUT2D eigenvalue weighted by Gasteiger charge is -2.12. The molecule has 1 aliphatic rings. The number of benzene rings is 1. The van der Waals surface area contributed by atoms with Crippen molar-refractivity contribution in [2.45, 2.75) is 31.7 Å². The van der Waals surface area contributed by atoms with Crippen LogP contribution in [-0.2, 0) is 10.2 Å². The van der Waals surface area contributed by atoms with Gasteiger partial charge in [0.2, 0.25) is 0 Å². The number of aliphatic imine (C=N–C) groups is 1. The summed E-state index contributed by atoms with van der Waals surface area (Å²) in [5.74, 6) is -1.02. The van der Waals surface area contributed by atoms with Crippen LogP contribution in [0.3, 0.4) is 0 Å². The van der Waals surface area contributed by atoms with E-state index in [9.17, 15) is 18.0 Å². The van der Waals surface area contributed by atoms with Crippen molar-refractivity contribution in [3.8, 4) is 0 Å². The SMILES string of the molecule is Cc1nn(C(F)F)cc1N/C=C\C(N)=NC(=O)C1(c2ccccc2F)CC1. The third kappa shape index (κ3) is 3.86. The van der Waals surface area contributed by atoms with E-state index in [1.807, 2.05) is 0 Å². The zero-order valence-electron chi connectivity index (χ0n) is 14.5. The molecule has 1 aliphatic carbocycles. The summed E-state index contributed by atoms with van der Waals surface area (Å²) in [6, 6.07) is 6.11. The number of carbonyl (C=O) groups is 1. The lowest BCUT2D eigenvalue weighted by atomic mass is 9.94. The Kier molecular flexibility index (Phi) is 5.02. The van der Waals surface area contributed by atoms with Crippen molar-refractivity contribution >= 4 is 17.4 Å². The Morgan fingerprint density at radius 2 is 2.11 bits per heavy atom. The van der Waals surface area contributed by atoms with Crippen molar-refractivity contribution in [2.24, 2.45) is 10.7 Å². The molecule has 1 aromatic heterocycles. The van der Waals surface area contributed by atoms with E-state index in [2.05, 4.69) is 15.4 Å². The summed E-state index contributed by atoms with van der Waals surface area (Å²) >= 11 is 0. The Labute approximate surface area is 153 Å². The number of anilines is 1. The first-order chi connectivity index (χ1) is 12.8. The number of aromatic nitrogens is 2. The zero-order chi connectivity index (χ0) is 19.6. The normalized spacial score (nSPS) is 16.1. The minimum Gasteiger partial charge on any atom is -0.384 e. The molecule has 1 amide bonds. The third-order valence-corrected chi connectivity index (χ3v) is 4.39. The van der Waals surface area contributed by atoms with Crippen LogP contribution in [0.2, 0.25) is 0 Å². The monoisotopic (exact) mass is 377 g/mol. The van der Waals surface area contributed by atoms with E-state index >= 15 is 0 Å². The molecule has 0 radical (unpaired) electrons. The Morgan fingerprint density at radius 3 is 2.70 bits per heavy atom. The number of rotatable bonds is 6. The van der Waals surface area contributed by atoms with E-state index in [-0.39, 0.29) is 5.84 Å². The van der Waals surface area contributed by atoms with Crippen LogP contribution in [0, 0.1) is 12.7 Å². The predicted octanol–water partition coefficient (Wildman–Crippen LogP) is 3.27. The lowest BCUT2D eigenvalue weighted by Crippen LogP contribution is -2.23. The van der Waals surface area contributed by atoms with Crippen LogP contribution >= 0.6 is 0 Å². The Hall–Kier alpha value is -3.10. The van der Waals surface area contributed by atoms with Crippen molar-refractivity contribution < 1.29 is 18.0 Å². The van der Waals surface area contributed by atoms with Crippen LogP contribution in [-0.4, -0.2) is 21.5 Å². The van der Waals surface area contributed by atoms with Crippen molar-refractivity contribution in [1.82, 2.24) is 9.78 Å². The Balaban J connectivity index is 1.68. The second-order valence-electron chi connectivity index (χ2n) is 6.27. The number of aryl methyl sites for hydroxylation is 1. The molecule has 142 valence electrons. The van der Waals surface area contributed by atoms with Gasteiger partial charge in [-0.2, -0.15) is 18.9 Å². The van der Waals surface area contributed by atoms with E-state index < -0.39 is 23.7 Å². The molecule has 3 rings (SSSR count). The van der Waals surface area contributed by atoms with Gasteiger partial charge < -0.3 is 11.1 Å². The number of nitrogens with zero attached hydrogens (tertiary/aromatic N) is 3. The van der Waals surface area contributed by atoms with Crippen LogP contribution in [0.1, 0.15) is 30.6 Å².